The van der Waals surface area contributed by atoms with Crippen LogP contribution in [0, 0.1) is 5.41 Å². The normalized spacial score (nSPS) is 15.6. The molecule has 1 saturated carbocycles. The maximum Gasteiger partial charge on any atom is 0.323 e. The molecular formula is C14H18N2O3. The van der Waals surface area contributed by atoms with Crippen molar-refractivity contribution in [2.75, 3.05) is 18.0 Å². The molecule has 1 fully saturated rings. The van der Waals surface area contributed by atoms with Crippen molar-refractivity contribution in [2.45, 2.75) is 19.8 Å². The van der Waals surface area contributed by atoms with Crippen molar-refractivity contribution in [1.29, 1.82) is 0 Å². The fourth-order valence-electron chi connectivity index (χ4n) is 1.80. The van der Waals surface area contributed by atoms with E-state index in [9.17, 15) is 9.59 Å². The maximum atomic E-state index is 12.1. The van der Waals surface area contributed by atoms with Gasteiger partial charge in [0.05, 0.1) is 0 Å². The highest BCUT2D eigenvalue weighted by Gasteiger charge is 2.37. The first-order valence-corrected chi connectivity index (χ1v) is 6.32. The number of rotatable bonds is 5. The van der Waals surface area contributed by atoms with Gasteiger partial charge in [-0.1, -0.05) is 25.1 Å². The zero-order chi connectivity index (χ0) is 13.9. The number of carbonyl (C=O) groups excluding carboxylic acids is 1. The molecule has 0 bridgehead atoms. The number of benzene rings is 1. The third-order valence-corrected chi connectivity index (χ3v) is 3.38. The minimum Gasteiger partial charge on any atom is -0.480 e. The fraction of sp³-hybridized carbons (Fsp3) is 0.429. The molecule has 1 aromatic rings. The van der Waals surface area contributed by atoms with E-state index in [1.807, 2.05) is 6.07 Å². The van der Waals surface area contributed by atoms with E-state index in [1.54, 1.807) is 24.3 Å². The third-order valence-electron chi connectivity index (χ3n) is 3.38. The van der Waals surface area contributed by atoms with Crippen LogP contribution in [0.15, 0.2) is 30.3 Å². The summed E-state index contributed by atoms with van der Waals surface area (Å²) in [6, 6.07) is 8.47. The zero-order valence-corrected chi connectivity index (χ0v) is 10.9. The number of nitrogens with one attached hydrogen (secondary N) is 1. The molecule has 2 rings (SSSR count). The summed E-state index contributed by atoms with van der Waals surface area (Å²) in [6.07, 6.45) is 2.22. The van der Waals surface area contributed by atoms with Crippen LogP contribution in [0.3, 0.4) is 0 Å². The lowest BCUT2D eigenvalue weighted by Crippen LogP contribution is -2.44. The fourth-order valence-corrected chi connectivity index (χ4v) is 1.80. The Bertz CT molecular complexity index is 469. The van der Waals surface area contributed by atoms with Gasteiger partial charge in [-0.05, 0) is 30.4 Å². The maximum absolute atomic E-state index is 12.1. The molecular weight excluding hydrogens is 244 g/mol. The van der Waals surface area contributed by atoms with Crippen LogP contribution in [-0.4, -0.2) is 30.2 Å². The van der Waals surface area contributed by atoms with Gasteiger partial charge in [0.25, 0.3) is 0 Å². The summed E-state index contributed by atoms with van der Waals surface area (Å²) in [5.41, 5.74) is 0.782. The first-order valence-electron chi connectivity index (χ1n) is 6.32. The largest absolute Gasteiger partial charge is 0.480 e. The molecule has 0 saturated heterocycles. The van der Waals surface area contributed by atoms with E-state index in [2.05, 4.69) is 12.2 Å². The Labute approximate surface area is 112 Å². The number of amides is 2. The van der Waals surface area contributed by atoms with Gasteiger partial charge in [-0.15, -0.1) is 0 Å². The average Bonchev–Trinajstić information content (AvgIpc) is 3.13. The number of hydrogen-bond donors (Lipinski definition) is 2. The van der Waals surface area contributed by atoms with E-state index in [0.717, 1.165) is 12.8 Å². The smallest absolute Gasteiger partial charge is 0.323 e. The average molecular weight is 262 g/mol. The highest BCUT2D eigenvalue weighted by molar-refractivity contribution is 5.96. The number of nitrogens with zero attached hydrogens (tertiary/aromatic N) is 1. The third kappa shape index (κ3) is 3.71. The van der Waals surface area contributed by atoms with E-state index < -0.39 is 5.97 Å². The Balaban J connectivity index is 2.04. The lowest BCUT2D eigenvalue weighted by atomic mass is 10.1. The summed E-state index contributed by atoms with van der Waals surface area (Å²) < 4.78 is 0. The van der Waals surface area contributed by atoms with Crippen molar-refractivity contribution in [3.05, 3.63) is 30.3 Å². The van der Waals surface area contributed by atoms with Gasteiger partial charge in [-0.2, -0.15) is 0 Å². The molecule has 0 heterocycles. The first-order chi connectivity index (χ1) is 9.00. The molecule has 0 atom stereocenters. The molecule has 1 aliphatic carbocycles. The van der Waals surface area contributed by atoms with Crippen molar-refractivity contribution in [2.24, 2.45) is 5.41 Å². The SMILES string of the molecule is CC1(CNC(=O)N(CC(=O)O)c2ccccc2)CC1. The van der Waals surface area contributed by atoms with E-state index in [0.29, 0.717) is 12.2 Å². The Morgan fingerprint density at radius 1 is 1.32 bits per heavy atom. The number of hydrogen-bond acceptors (Lipinski definition) is 2. The van der Waals surface area contributed by atoms with E-state index >= 15 is 0 Å². The van der Waals surface area contributed by atoms with E-state index in [1.165, 1.54) is 4.90 Å². The molecule has 2 N–H and O–H groups in total. The van der Waals surface area contributed by atoms with Crippen LogP contribution in [0.1, 0.15) is 19.8 Å². The van der Waals surface area contributed by atoms with E-state index in [4.69, 9.17) is 5.11 Å². The summed E-state index contributed by atoms with van der Waals surface area (Å²) in [4.78, 5) is 24.2. The van der Waals surface area contributed by atoms with Crippen molar-refractivity contribution >= 4 is 17.7 Å². The minimum atomic E-state index is -1.03. The number of anilines is 1. The van der Waals surface area contributed by atoms with Crippen LogP contribution >= 0.6 is 0 Å². The summed E-state index contributed by atoms with van der Waals surface area (Å²) in [5.74, 6) is -1.03. The molecule has 0 radical (unpaired) electrons. The van der Waals surface area contributed by atoms with Gasteiger partial charge in [0.1, 0.15) is 6.54 Å². The molecule has 5 nitrogen and oxygen atoms in total. The van der Waals surface area contributed by atoms with Crippen LogP contribution in [0.25, 0.3) is 0 Å². The summed E-state index contributed by atoms with van der Waals surface area (Å²) in [6.45, 7) is 2.36. The van der Waals surface area contributed by atoms with Gasteiger partial charge >= 0.3 is 12.0 Å². The minimum absolute atomic E-state index is 0.196. The summed E-state index contributed by atoms with van der Waals surface area (Å²) in [7, 11) is 0. The predicted octanol–water partition coefficient (Wildman–Crippen LogP) is 2.09. The summed E-state index contributed by atoms with van der Waals surface area (Å²) >= 11 is 0. The lowest BCUT2D eigenvalue weighted by Gasteiger charge is -2.22. The topological polar surface area (TPSA) is 69.6 Å². The number of carboxylic acids is 1. The Morgan fingerprint density at radius 2 is 1.95 bits per heavy atom. The van der Waals surface area contributed by atoms with Crippen LogP contribution in [0.4, 0.5) is 10.5 Å². The molecule has 0 aliphatic heterocycles. The highest BCUT2D eigenvalue weighted by Crippen LogP contribution is 2.44. The molecule has 0 spiro atoms. The van der Waals surface area contributed by atoms with Gasteiger partial charge in [0.2, 0.25) is 0 Å². The molecule has 0 aromatic heterocycles. The standard InChI is InChI=1S/C14H18N2O3/c1-14(7-8-14)10-15-13(19)16(9-12(17)18)11-5-3-2-4-6-11/h2-6H,7-10H2,1H3,(H,15,19)(H,17,18). The molecule has 1 aliphatic rings. The second-order valence-corrected chi connectivity index (χ2v) is 5.28. The van der Waals surface area contributed by atoms with Gasteiger partial charge in [-0.25, -0.2) is 4.79 Å². The second kappa shape index (κ2) is 5.30. The number of carboxylic acid groups (broad SMARTS) is 1. The molecule has 5 heteroatoms. The quantitative estimate of drug-likeness (QED) is 0.853. The van der Waals surface area contributed by atoms with Gasteiger partial charge in [0, 0.05) is 12.2 Å². The molecule has 102 valence electrons. The highest BCUT2D eigenvalue weighted by atomic mass is 16.4. The molecule has 1 aromatic carbocycles. The van der Waals surface area contributed by atoms with Crippen LogP contribution in [0.2, 0.25) is 0 Å². The summed E-state index contributed by atoms with van der Waals surface area (Å²) in [5, 5.41) is 11.7. The van der Waals surface area contributed by atoms with E-state index in [-0.39, 0.29) is 18.0 Å². The Kier molecular flexibility index (Phi) is 3.74. The first kappa shape index (κ1) is 13.4. The van der Waals surface area contributed by atoms with Gasteiger partial charge < -0.3 is 10.4 Å². The number of para-hydroxylation sites is 1. The Hall–Kier alpha value is -2.04. The molecule has 19 heavy (non-hydrogen) atoms. The Morgan fingerprint density at radius 3 is 2.47 bits per heavy atom. The van der Waals surface area contributed by atoms with Crippen molar-refractivity contribution < 1.29 is 14.7 Å². The number of aliphatic carboxylic acids is 1. The van der Waals surface area contributed by atoms with Crippen LogP contribution < -0.4 is 10.2 Å². The van der Waals surface area contributed by atoms with Crippen molar-refractivity contribution in [3.8, 4) is 0 Å². The second-order valence-electron chi connectivity index (χ2n) is 5.28. The van der Waals surface area contributed by atoms with Crippen LogP contribution in [0.5, 0.6) is 0 Å². The lowest BCUT2D eigenvalue weighted by molar-refractivity contribution is -0.135. The van der Waals surface area contributed by atoms with Crippen molar-refractivity contribution in [1.82, 2.24) is 5.32 Å². The zero-order valence-electron chi connectivity index (χ0n) is 10.9. The predicted molar refractivity (Wildman–Crippen MR) is 72.2 cm³/mol. The molecule has 2 amide bonds. The monoisotopic (exact) mass is 262 g/mol. The van der Waals surface area contributed by atoms with Gasteiger partial charge in [-0.3, -0.25) is 9.69 Å². The van der Waals surface area contributed by atoms with Gasteiger partial charge in [0.15, 0.2) is 0 Å². The van der Waals surface area contributed by atoms with Crippen LogP contribution in [-0.2, 0) is 4.79 Å². The number of urea groups is 1. The molecule has 0 unspecified atom stereocenters. The van der Waals surface area contributed by atoms with Crippen molar-refractivity contribution in [3.63, 3.8) is 0 Å². The number of carbonyl (C=O) groups is 2.